The van der Waals surface area contributed by atoms with Crippen molar-refractivity contribution in [3.8, 4) is 16.9 Å². The molecule has 0 spiro atoms. The summed E-state index contributed by atoms with van der Waals surface area (Å²) in [4.78, 5) is 14.7. The highest BCUT2D eigenvalue weighted by Gasteiger charge is 2.28. The van der Waals surface area contributed by atoms with Crippen LogP contribution in [0.15, 0.2) is 58.1 Å². The highest BCUT2D eigenvalue weighted by molar-refractivity contribution is 7.90. The lowest BCUT2D eigenvalue weighted by Crippen LogP contribution is -2.22. The van der Waals surface area contributed by atoms with Crippen molar-refractivity contribution in [3.05, 3.63) is 77.0 Å². The molecular formula is C28H32FNO7S. The number of sulfone groups is 1. The number of hydrogen-bond acceptors (Lipinski definition) is 8. The number of phenols is 1. The number of furan rings is 1. The zero-order valence-corrected chi connectivity index (χ0v) is 22.6. The third-order valence-corrected chi connectivity index (χ3v) is 7.96. The molecule has 3 rings (SSSR count). The van der Waals surface area contributed by atoms with Crippen molar-refractivity contribution in [2.45, 2.75) is 37.5 Å². The molecule has 38 heavy (non-hydrogen) atoms. The van der Waals surface area contributed by atoms with Crippen molar-refractivity contribution in [2.75, 3.05) is 26.7 Å². The molecule has 8 nitrogen and oxygen atoms in total. The maximum atomic E-state index is 14.1. The molecular weight excluding hydrogens is 513 g/mol. The molecule has 0 aliphatic carbocycles. The molecule has 1 heterocycles. The minimum absolute atomic E-state index is 0.00240. The Bertz CT molecular complexity index is 1420. The van der Waals surface area contributed by atoms with Gasteiger partial charge in [0, 0.05) is 17.7 Å². The smallest absolute Gasteiger partial charge is 0.341 e. The van der Waals surface area contributed by atoms with Crippen LogP contribution in [0.2, 0.25) is 0 Å². The van der Waals surface area contributed by atoms with Gasteiger partial charge in [0.2, 0.25) is 0 Å². The molecule has 0 radical (unpaired) electrons. The molecule has 1 unspecified atom stereocenters. The molecule has 3 aromatic rings. The van der Waals surface area contributed by atoms with E-state index in [1.54, 1.807) is 12.2 Å². The van der Waals surface area contributed by atoms with Crippen LogP contribution in [-0.4, -0.2) is 56.2 Å². The van der Waals surface area contributed by atoms with Gasteiger partial charge in [0.05, 0.1) is 24.0 Å². The topological polar surface area (TPSA) is 117 Å². The maximum Gasteiger partial charge on any atom is 0.341 e. The van der Waals surface area contributed by atoms with E-state index >= 15 is 0 Å². The molecule has 0 amide bonds. The van der Waals surface area contributed by atoms with Gasteiger partial charge in [0.25, 0.3) is 0 Å². The van der Waals surface area contributed by atoms with Crippen LogP contribution in [0.1, 0.15) is 54.1 Å². The Balaban J connectivity index is 2.06. The van der Waals surface area contributed by atoms with Crippen LogP contribution in [0.3, 0.4) is 0 Å². The molecule has 2 N–H and O–H groups in total. The summed E-state index contributed by atoms with van der Waals surface area (Å²) >= 11 is 0. The van der Waals surface area contributed by atoms with Crippen molar-refractivity contribution >= 4 is 21.9 Å². The van der Waals surface area contributed by atoms with Crippen molar-refractivity contribution < 1.29 is 37.0 Å². The van der Waals surface area contributed by atoms with E-state index in [0.717, 1.165) is 32.3 Å². The van der Waals surface area contributed by atoms with E-state index in [4.69, 9.17) is 9.15 Å². The number of hydrogen-bond donors (Lipinski definition) is 2. The molecule has 0 saturated carbocycles. The lowest BCUT2D eigenvalue weighted by atomic mass is 9.97. The van der Waals surface area contributed by atoms with Crippen LogP contribution in [0.4, 0.5) is 4.39 Å². The molecule has 1 aromatic heterocycles. The number of carbonyl (C=O) groups excluding carboxylic acids is 1. The molecule has 0 saturated heterocycles. The highest BCUT2D eigenvalue weighted by Crippen LogP contribution is 2.39. The van der Waals surface area contributed by atoms with Gasteiger partial charge in [-0.2, -0.15) is 0 Å². The van der Waals surface area contributed by atoms with E-state index < -0.39 is 39.2 Å². The zero-order valence-electron chi connectivity index (χ0n) is 21.8. The number of rotatable bonds is 11. The van der Waals surface area contributed by atoms with Crippen LogP contribution in [0.25, 0.3) is 17.2 Å². The van der Waals surface area contributed by atoms with Gasteiger partial charge in [0.1, 0.15) is 29.0 Å². The monoisotopic (exact) mass is 545 g/mol. The van der Waals surface area contributed by atoms with Gasteiger partial charge in [-0.25, -0.2) is 17.6 Å². The Morgan fingerprint density at radius 3 is 2.50 bits per heavy atom. The summed E-state index contributed by atoms with van der Waals surface area (Å²) in [6.07, 6.45) is 3.67. The maximum absolute atomic E-state index is 14.1. The highest BCUT2D eigenvalue weighted by atomic mass is 32.2. The van der Waals surface area contributed by atoms with Crippen molar-refractivity contribution in [2.24, 2.45) is 0 Å². The van der Waals surface area contributed by atoms with Crippen molar-refractivity contribution in [1.82, 2.24) is 4.90 Å². The first-order chi connectivity index (χ1) is 18.0. The number of halogens is 1. The number of aromatic hydroxyl groups is 1. The molecule has 0 bridgehead atoms. The third-order valence-electron chi connectivity index (χ3n) is 6.23. The van der Waals surface area contributed by atoms with Gasteiger partial charge in [-0.1, -0.05) is 38.1 Å². The number of benzene rings is 2. The van der Waals surface area contributed by atoms with Gasteiger partial charge in [-0.05, 0) is 55.4 Å². The Labute approximate surface area is 221 Å². The van der Waals surface area contributed by atoms with Crippen LogP contribution in [0, 0.1) is 5.82 Å². The van der Waals surface area contributed by atoms with Crippen molar-refractivity contribution in [1.29, 1.82) is 0 Å². The van der Waals surface area contributed by atoms with E-state index in [1.807, 2.05) is 13.8 Å². The normalized spacial score (nSPS) is 12.8. The fraction of sp³-hybridized carbons (Fsp3) is 0.321. The standard InChI is InChI=1S/C28H32FNO7S/c1-5-30(6-2)14-7-8-19-16-21(29)10-12-24(19)38(34,35)17-20-9-11-22(26(32)25(20)28(33)36-4)23-13-15-37-27(23)18(3)31/h7-13,15-16,18,31-32H,5-6,14,17H2,1-4H3. The number of esters is 1. The van der Waals surface area contributed by atoms with E-state index in [2.05, 4.69) is 4.90 Å². The number of aliphatic hydroxyl groups excluding tert-OH is 1. The van der Waals surface area contributed by atoms with E-state index in [9.17, 15) is 27.8 Å². The van der Waals surface area contributed by atoms with E-state index in [1.165, 1.54) is 37.5 Å². The lowest BCUT2D eigenvalue weighted by molar-refractivity contribution is 0.0596. The Morgan fingerprint density at radius 1 is 1.16 bits per heavy atom. The Hall–Kier alpha value is -3.47. The predicted octanol–water partition coefficient (Wildman–Crippen LogP) is 4.96. The number of ether oxygens (including phenoxy) is 1. The predicted molar refractivity (Wildman–Crippen MR) is 142 cm³/mol. The molecule has 0 aliphatic rings. The third kappa shape index (κ3) is 6.32. The summed E-state index contributed by atoms with van der Waals surface area (Å²) in [6, 6.07) is 7.75. The average Bonchev–Trinajstić information content (AvgIpc) is 3.36. The minimum Gasteiger partial charge on any atom is -0.506 e. The number of likely N-dealkylation sites (N-methyl/N-ethyl adjacent to an activating group) is 1. The Morgan fingerprint density at radius 2 is 1.87 bits per heavy atom. The number of carbonyl (C=O) groups is 1. The van der Waals surface area contributed by atoms with E-state index in [-0.39, 0.29) is 32.9 Å². The number of phenolic OH excluding ortho intramolecular Hbond substituents is 1. The minimum atomic E-state index is -4.10. The summed E-state index contributed by atoms with van der Waals surface area (Å²) in [6.45, 7) is 7.68. The van der Waals surface area contributed by atoms with Crippen LogP contribution in [0.5, 0.6) is 5.75 Å². The average molecular weight is 546 g/mol. The molecule has 10 heteroatoms. The molecule has 0 aliphatic heterocycles. The molecule has 204 valence electrons. The number of nitrogens with zero attached hydrogens (tertiary/aromatic N) is 1. The first kappa shape index (κ1) is 29.1. The second kappa shape index (κ2) is 12.4. The van der Waals surface area contributed by atoms with Crippen LogP contribution < -0.4 is 0 Å². The fourth-order valence-corrected chi connectivity index (χ4v) is 5.76. The zero-order chi connectivity index (χ0) is 28.0. The van der Waals surface area contributed by atoms with Gasteiger partial charge < -0.3 is 24.3 Å². The van der Waals surface area contributed by atoms with Gasteiger partial charge >= 0.3 is 5.97 Å². The summed E-state index contributed by atoms with van der Waals surface area (Å²) in [5.41, 5.74) is 0.362. The summed E-state index contributed by atoms with van der Waals surface area (Å²) < 4.78 is 51.2. The van der Waals surface area contributed by atoms with Crippen LogP contribution >= 0.6 is 0 Å². The van der Waals surface area contributed by atoms with Crippen LogP contribution in [-0.2, 0) is 20.3 Å². The largest absolute Gasteiger partial charge is 0.506 e. The molecule has 0 fully saturated rings. The van der Waals surface area contributed by atoms with Gasteiger partial charge in [-0.3, -0.25) is 0 Å². The summed E-state index contributed by atoms with van der Waals surface area (Å²) in [5.74, 6) is -2.51. The quantitative estimate of drug-likeness (QED) is 0.257. The first-order valence-corrected chi connectivity index (χ1v) is 13.8. The van der Waals surface area contributed by atoms with Gasteiger partial charge in [0.15, 0.2) is 9.84 Å². The molecule has 1 atom stereocenters. The Kier molecular flexibility index (Phi) is 9.48. The number of aliphatic hydroxyl groups is 1. The first-order valence-electron chi connectivity index (χ1n) is 12.1. The fourth-order valence-electron chi connectivity index (χ4n) is 4.19. The van der Waals surface area contributed by atoms with E-state index in [0.29, 0.717) is 12.1 Å². The van der Waals surface area contributed by atoms with Gasteiger partial charge in [-0.15, -0.1) is 0 Å². The second-order valence-electron chi connectivity index (χ2n) is 8.69. The molecule has 2 aromatic carbocycles. The lowest BCUT2D eigenvalue weighted by Gasteiger charge is -2.16. The van der Waals surface area contributed by atoms with Crippen molar-refractivity contribution in [3.63, 3.8) is 0 Å². The summed E-state index contributed by atoms with van der Waals surface area (Å²) in [5, 5.41) is 21.0. The summed E-state index contributed by atoms with van der Waals surface area (Å²) in [7, 11) is -2.99. The second-order valence-corrected chi connectivity index (χ2v) is 10.6. The SMILES string of the molecule is CCN(CC)CC=Cc1cc(F)ccc1S(=O)(=O)Cc1ccc(-c2ccoc2C(C)O)c(O)c1C(=O)OC. The number of methoxy groups -OCH3 is 1.